The fourth-order valence-corrected chi connectivity index (χ4v) is 4.08. The van der Waals surface area contributed by atoms with E-state index in [0.717, 1.165) is 0 Å². The van der Waals surface area contributed by atoms with Gasteiger partial charge in [0.1, 0.15) is 0 Å². The van der Waals surface area contributed by atoms with Crippen LogP contribution in [0.1, 0.15) is 32.3 Å². The minimum Gasteiger partial charge on any atom is -0.456 e. The highest BCUT2D eigenvalue weighted by molar-refractivity contribution is 7.89. The first kappa shape index (κ1) is 22.3. The van der Waals surface area contributed by atoms with E-state index >= 15 is 0 Å². The number of carbonyl (C=O) groups excluding carboxylic acids is 2. The molecule has 1 fully saturated rings. The monoisotopic (exact) mass is 412 g/mol. The Balaban J connectivity index is 2.01. The van der Waals surface area contributed by atoms with Crippen LogP contribution in [0.4, 0.5) is 5.69 Å². The van der Waals surface area contributed by atoms with E-state index in [-0.39, 0.29) is 11.3 Å². The topological polar surface area (TPSA) is 102 Å². The molecule has 156 valence electrons. The lowest BCUT2D eigenvalue weighted by Crippen LogP contribution is -2.40. The van der Waals surface area contributed by atoms with Crippen molar-refractivity contribution in [2.45, 2.75) is 38.5 Å². The Hall–Kier alpha value is -1.97. The molecule has 1 saturated heterocycles. The number of rotatable bonds is 8. The fourth-order valence-electron chi connectivity index (χ4n) is 2.64. The van der Waals surface area contributed by atoms with Crippen molar-refractivity contribution < 1.29 is 27.5 Å². The third-order valence-electron chi connectivity index (χ3n) is 4.38. The van der Waals surface area contributed by atoms with Crippen molar-refractivity contribution in [1.29, 1.82) is 0 Å². The smallest absolute Gasteiger partial charge is 0.306 e. The zero-order valence-electron chi connectivity index (χ0n) is 16.6. The molecule has 1 aliphatic heterocycles. The van der Waals surface area contributed by atoms with Gasteiger partial charge in [-0.25, -0.2) is 8.42 Å². The van der Waals surface area contributed by atoms with Crippen LogP contribution in [-0.2, 0) is 29.1 Å². The van der Waals surface area contributed by atoms with Gasteiger partial charge in [0.2, 0.25) is 10.0 Å². The number of nitrogens with zero attached hydrogens (tertiary/aromatic N) is 1. The van der Waals surface area contributed by atoms with Gasteiger partial charge in [-0.1, -0.05) is 19.9 Å². The van der Waals surface area contributed by atoms with Crippen molar-refractivity contribution in [2.75, 3.05) is 38.2 Å². The summed E-state index contributed by atoms with van der Waals surface area (Å²) in [5.41, 5.74) is 1.08. The predicted octanol–water partition coefficient (Wildman–Crippen LogP) is 1.93. The summed E-state index contributed by atoms with van der Waals surface area (Å²) in [5.74, 6) is -0.564. The summed E-state index contributed by atoms with van der Waals surface area (Å²) >= 11 is 0. The number of ether oxygens (including phenoxy) is 2. The van der Waals surface area contributed by atoms with Crippen LogP contribution in [0, 0.1) is 12.8 Å². The summed E-state index contributed by atoms with van der Waals surface area (Å²) in [4.78, 5) is 23.8. The van der Waals surface area contributed by atoms with Gasteiger partial charge in [0.15, 0.2) is 6.61 Å². The molecule has 0 atom stereocenters. The second-order valence-corrected chi connectivity index (χ2v) is 9.07. The van der Waals surface area contributed by atoms with E-state index in [9.17, 15) is 18.0 Å². The number of sulfonamides is 1. The van der Waals surface area contributed by atoms with E-state index < -0.39 is 28.5 Å². The SMILES string of the molecule is Cc1ccc(S(=O)(=O)N2CCOCC2)cc1NC(=O)COC(=O)CCC(C)C. The minimum atomic E-state index is -3.66. The Kier molecular flexibility index (Phi) is 7.97. The summed E-state index contributed by atoms with van der Waals surface area (Å²) in [6.45, 7) is 6.66. The molecule has 1 N–H and O–H groups in total. The first-order chi connectivity index (χ1) is 13.2. The number of nitrogens with one attached hydrogen (secondary N) is 1. The van der Waals surface area contributed by atoms with E-state index in [4.69, 9.17) is 9.47 Å². The van der Waals surface area contributed by atoms with Crippen LogP contribution in [0.5, 0.6) is 0 Å². The van der Waals surface area contributed by atoms with Gasteiger partial charge in [0.05, 0.1) is 18.1 Å². The Morgan fingerprint density at radius 1 is 1.25 bits per heavy atom. The van der Waals surface area contributed by atoms with Crippen LogP contribution in [0.25, 0.3) is 0 Å². The number of anilines is 1. The maximum atomic E-state index is 12.8. The van der Waals surface area contributed by atoms with Crippen LogP contribution < -0.4 is 5.32 Å². The molecule has 28 heavy (non-hydrogen) atoms. The number of hydrogen-bond acceptors (Lipinski definition) is 6. The Labute approximate surface area is 166 Å². The largest absolute Gasteiger partial charge is 0.456 e. The molecule has 2 rings (SSSR count). The molecule has 0 unspecified atom stereocenters. The quantitative estimate of drug-likeness (QED) is 0.655. The zero-order chi connectivity index (χ0) is 20.7. The highest BCUT2D eigenvalue weighted by Crippen LogP contribution is 2.23. The standard InChI is InChI=1S/C19H28N2O6S/c1-14(2)4-7-19(23)27-13-18(22)20-17-12-16(6-5-15(17)3)28(24,25)21-8-10-26-11-9-21/h5-6,12,14H,4,7-11,13H2,1-3H3,(H,20,22). The number of aryl methyl sites for hydroxylation is 1. The maximum Gasteiger partial charge on any atom is 0.306 e. The molecule has 8 nitrogen and oxygen atoms in total. The number of esters is 1. The average molecular weight is 413 g/mol. The van der Waals surface area contributed by atoms with Crippen LogP contribution in [-0.4, -0.2) is 57.5 Å². The lowest BCUT2D eigenvalue weighted by molar-refractivity contribution is -0.147. The van der Waals surface area contributed by atoms with Crippen LogP contribution in [0.2, 0.25) is 0 Å². The molecule has 0 radical (unpaired) electrons. The third kappa shape index (κ3) is 6.29. The van der Waals surface area contributed by atoms with E-state index in [2.05, 4.69) is 5.32 Å². The highest BCUT2D eigenvalue weighted by atomic mass is 32.2. The fraction of sp³-hybridized carbons (Fsp3) is 0.579. The van der Waals surface area contributed by atoms with Crippen molar-refractivity contribution in [1.82, 2.24) is 4.31 Å². The maximum absolute atomic E-state index is 12.8. The molecule has 1 heterocycles. The van der Waals surface area contributed by atoms with E-state index in [0.29, 0.717) is 49.9 Å². The molecule has 0 aliphatic carbocycles. The second-order valence-electron chi connectivity index (χ2n) is 7.13. The average Bonchev–Trinajstić information content (AvgIpc) is 2.67. The molecule has 0 bridgehead atoms. The van der Waals surface area contributed by atoms with Gasteiger partial charge in [0, 0.05) is 25.2 Å². The number of carbonyl (C=O) groups is 2. The summed E-state index contributed by atoms with van der Waals surface area (Å²) in [7, 11) is -3.66. The molecule has 0 saturated carbocycles. The molecule has 1 aromatic carbocycles. The summed E-state index contributed by atoms with van der Waals surface area (Å²) in [6, 6.07) is 4.58. The third-order valence-corrected chi connectivity index (χ3v) is 6.28. The molecular formula is C19H28N2O6S. The van der Waals surface area contributed by atoms with Crippen molar-refractivity contribution >= 4 is 27.6 Å². The van der Waals surface area contributed by atoms with Gasteiger partial charge in [-0.2, -0.15) is 4.31 Å². The van der Waals surface area contributed by atoms with Gasteiger partial charge in [-0.3, -0.25) is 9.59 Å². The number of morpholine rings is 1. The van der Waals surface area contributed by atoms with Crippen molar-refractivity contribution in [2.24, 2.45) is 5.92 Å². The van der Waals surface area contributed by atoms with Gasteiger partial charge < -0.3 is 14.8 Å². The van der Waals surface area contributed by atoms with E-state index in [1.165, 1.54) is 16.4 Å². The van der Waals surface area contributed by atoms with Crippen molar-refractivity contribution in [3.63, 3.8) is 0 Å². The molecule has 0 aromatic heterocycles. The molecule has 1 aliphatic rings. The zero-order valence-corrected chi connectivity index (χ0v) is 17.4. The van der Waals surface area contributed by atoms with Crippen LogP contribution >= 0.6 is 0 Å². The van der Waals surface area contributed by atoms with Gasteiger partial charge in [-0.05, 0) is 37.0 Å². The van der Waals surface area contributed by atoms with Gasteiger partial charge >= 0.3 is 5.97 Å². The lowest BCUT2D eigenvalue weighted by atomic mass is 10.1. The number of amides is 1. The summed E-state index contributed by atoms with van der Waals surface area (Å²) < 4.78 is 37.1. The molecule has 1 aromatic rings. The Morgan fingerprint density at radius 2 is 1.93 bits per heavy atom. The molecule has 9 heteroatoms. The van der Waals surface area contributed by atoms with E-state index in [1.807, 2.05) is 13.8 Å². The second kappa shape index (κ2) is 9.99. The van der Waals surface area contributed by atoms with Crippen LogP contribution in [0.15, 0.2) is 23.1 Å². The Bertz CT molecular complexity index is 801. The minimum absolute atomic E-state index is 0.101. The molecule has 0 spiro atoms. The normalized spacial score (nSPS) is 15.4. The van der Waals surface area contributed by atoms with E-state index in [1.54, 1.807) is 13.0 Å². The van der Waals surface area contributed by atoms with Crippen molar-refractivity contribution in [3.8, 4) is 0 Å². The number of hydrogen-bond donors (Lipinski definition) is 1. The van der Waals surface area contributed by atoms with Gasteiger partial charge in [0.25, 0.3) is 5.91 Å². The van der Waals surface area contributed by atoms with Crippen LogP contribution in [0.3, 0.4) is 0 Å². The van der Waals surface area contributed by atoms with Gasteiger partial charge in [-0.15, -0.1) is 0 Å². The highest BCUT2D eigenvalue weighted by Gasteiger charge is 2.27. The lowest BCUT2D eigenvalue weighted by Gasteiger charge is -2.26. The Morgan fingerprint density at radius 3 is 2.57 bits per heavy atom. The molecular weight excluding hydrogens is 384 g/mol. The first-order valence-corrected chi connectivity index (χ1v) is 10.8. The number of benzene rings is 1. The van der Waals surface area contributed by atoms with Crippen molar-refractivity contribution in [3.05, 3.63) is 23.8 Å². The summed E-state index contributed by atoms with van der Waals surface area (Å²) in [6.07, 6.45) is 0.957. The summed E-state index contributed by atoms with van der Waals surface area (Å²) in [5, 5.41) is 2.62. The molecule has 1 amide bonds. The first-order valence-electron chi connectivity index (χ1n) is 9.34. The predicted molar refractivity (Wildman–Crippen MR) is 104 cm³/mol.